The molecule has 0 aromatic heterocycles. The van der Waals surface area contributed by atoms with Crippen LogP contribution in [0.4, 0.5) is 4.39 Å². The third kappa shape index (κ3) is 5.43. The number of hydrogen-bond donors (Lipinski definition) is 1. The molecule has 0 spiro atoms. The summed E-state index contributed by atoms with van der Waals surface area (Å²) in [5.74, 6) is 0.164. The fraction of sp³-hybridized carbons (Fsp3) is 0.500. The Kier molecular flexibility index (Phi) is 6.79. The Hall–Kier alpha value is -0.300. The maximum Gasteiger partial charge on any atom is 0.234 e. The summed E-state index contributed by atoms with van der Waals surface area (Å²) in [5.41, 5.74) is 0. The van der Waals surface area contributed by atoms with Gasteiger partial charge in [-0.1, -0.05) is 15.9 Å². The smallest absolute Gasteiger partial charge is 0.234 e. The summed E-state index contributed by atoms with van der Waals surface area (Å²) < 4.78 is 16.7. The number of alkyl halides is 1. The molecule has 1 aliphatic heterocycles. The molecule has 1 saturated heterocycles. The van der Waals surface area contributed by atoms with Crippen molar-refractivity contribution in [3.05, 3.63) is 28.5 Å². The molecule has 1 heterocycles. The minimum atomic E-state index is -0.203. The van der Waals surface area contributed by atoms with Crippen molar-refractivity contribution in [3.8, 4) is 0 Å². The van der Waals surface area contributed by atoms with E-state index in [1.54, 1.807) is 6.07 Å². The first kappa shape index (κ1) is 17.1. The van der Waals surface area contributed by atoms with Crippen molar-refractivity contribution < 1.29 is 9.18 Å². The fourth-order valence-corrected chi connectivity index (χ4v) is 3.57. The van der Waals surface area contributed by atoms with E-state index in [0.29, 0.717) is 17.4 Å². The lowest BCUT2D eigenvalue weighted by Crippen LogP contribution is -2.36. The Labute approximate surface area is 141 Å². The van der Waals surface area contributed by atoms with E-state index in [0.717, 1.165) is 30.4 Å². The number of benzene rings is 1. The van der Waals surface area contributed by atoms with Gasteiger partial charge >= 0.3 is 0 Å². The lowest BCUT2D eigenvalue weighted by molar-refractivity contribution is -0.118. The molecule has 1 aromatic rings. The highest BCUT2D eigenvalue weighted by Gasteiger charge is 2.21. The van der Waals surface area contributed by atoms with Crippen molar-refractivity contribution in [2.45, 2.75) is 17.7 Å². The summed E-state index contributed by atoms with van der Waals surface area (Å²) in [6.07, 6.45) is 1.99. The van der Waals surface area contributed by atoms with Gasteiger partial charge < -0.3 is 5.32 Å². The average Bonchev–Trinajstić information content (AvgIpc) is 2.49. The minimum Gasteiger partial charge on any atom is -0.355 e. The van der Waals surface area contributed by atoms with E-state index in [1.807, 2.05) is 6.07 Å². The Balaban J connectivity index is 1.77. The second kappa shape index (κ2) is 8.36. The second-order valence-electron chi connectivity index (χ2n) is 4.98. The van der Waals surface area contributed by atoms with Crippen LogP contribution in [0.1, 0.15) is 12.8 Å². The Bertz CT molecular complexity index is 498. The highest BCUT2D eigenvalue weighted by atomic mass is 79.9. The van der Waals surface area contributed by atoms with Crippen LogP contribution in [0.25, 0.3) is 0 Å². The average molecular weight is 396 g/mol. The molecular formula is C14H17BrClFN2OS. The summed E-state index contributed by atoms with van der Waals surface area (Å²) in [6, 6.07) is 5.12. The summed E-state index contributed by atoms with van der Waals surface area (Å²) >= 11 is 10.2. The molecule has 3 nitrogen and oxygen atoms in total. The first-order chi connectivity index (χ1) is 10.1. The van der Waals surface area contributed by atoms with Gasteiger partial charge in [0.15, 0.2) is 0 Å². The van der Waals surface area contributed by atoms with E-state index < -0.39 is 0 Å². The summed E-state index contributed by atoms with van der Waals surface area (Å²) in [7, 11) is 0. The van der Waals surface area contributed by atoms with Gasteiger partial charge in [-0.25, -0.2) is 8.70 Å². The number of piperidine rings is 1. The number of nitrogens with zero attached hydrogens (tertiary/aromatic N) is 1. The molecule has 7 heteroatoms. The predicted molar refractivity (Wildman–Crippen MR) is 88.0 cm³/mol. The number of halogens is 3. The molecule has 21 heavy (non-hydrogen) atoms. The van der Waals surface area contributed by atoms with Crippen molar-refractivity contribution in [1.29, 1.82) is 0 Å². The Morgan fingerprint density at radius 2 is 2.19 bits per heavy atom. The number of amides is 1. The van der Waals surface area contributed by atoms with Gasteiger partial charge in [0.2, 0.25) is 5.91 Å². The third-order valence-corrected chi connectivity index (χ3v) is 5.29. The molecule has 0 atom stereocenters. The molecule has 1 fully saturated rings. The van der Waals surface area contributed by atoms with Crippen molar-refractivity contribution in [2.75, 3.05) is 25.5 Å². The Morgan fingerprint density at radius 3 is 2.81 bits per heavy atom. The van der Waals surface area contributed by atoms with E-state index >= 15 is 0 Å². The van der Waals surface area contributed by atoms with Gasteiger partial charge in [0.05, 0.1) is 4.90 Å². The number of nitrogens with one attached hydrogen (secondary N) is 1. The molecule has 2 rings (SSSR count). The summed E-state index contributed by atoms with van der Waals surface area (Å²) in [6.45, 7) is 2.46. The standard InChI is InChI=1S/C14H17BrClFN2OS/c15-11-1-2-13(12(17)7-11)21-19-5-3-10(4-6-19)9-18-14(20)8-16/h1-2,7,10H,3-6,8-9H2,(H,18,20). The zero-order valence-electron chi connectivity index (χ0n) is 11.4. The molecule has 1 amide bonds. The molecule has 0 bridgehead atoms. The van der Waals surface area contributed by atoms with Crippen molar-refractivity contribution in [2.24, 2.45) is 5.92 Å². The van der Waals surface area contributed by atoms with Crippen LogP contribution in [-0.4, -0.2) is 35.7 Å². The van der Waals surface area contributed by atoms with E-state index in [2.05, 4.69) is 25.6 Å². The van der Waals surface area contributed by atoms with Crippen molar-refractivity contribution >= 4 is 45.4 Å². The first-order valence-electron chi connectivity index (χ1n) is 6.79. The predicted octanol–water partition coefficient (Wildman–Crippen LogP) is 3.66. The lowest BCUT2D eigenvalue weighted by atomic mass is 9.98. The highest BCUT2D eigenvalue weighted by Crippen LogP contribution is 2.31. The largest absolute Gasteiger partial charge is 0.355 e. The minimum absolute atomic E-state index is 0.0114. The monoisotopic (exact) mass is 394 g/mol. The van der Waals surface area contributed by atoms with Crippen LogP contribution in [0.15, 0.2) is 27.6 Å². The van der Waals surface area contributed by atoms with E-state index in [9.17, 15) is 9.18 Å². The van der Waals surface area contributed by atoms with Gasteiger partial charge in [-0.05, 0) is 48.9 Å². The number of carbonyl (C=O) groups is 1. The van der Waals surface area contributed by atoms with Gasteiger partial charge in [0.25, 0.3) is 0 Å². The molecular weight excluding hydrogens is 379 g/mol. The van der Waals surface area contributed by atoms with Crippen LogP contribution in [0.3, 0.4) is 0 Å². The molecule has 0 saturated carbocycles. The van der Waals surface area contributed by atoms with Crippen molar-refractivity contribution in [1.82, 2.24) is 9.62 Å². The maximum atomic E-state index is 13.8. The van der Waals surface area contributed by atoms with Crippen LogP contribution in [0, 0.1) is 11.7 Å². The molecule has 116 valence electrons. The molecule has 0 radical (unpaired) electrons. The van der Waals surface area contributed by atoms with Gasteiger partial charge in [-0.3, -0.25) is 4.79 Å². The van der Waals surface area contributed by atoms with E-state index in [-0.39, 0.29) is 17.6 Å². The second-order valence-corrected chi connectivity index (χ2v) is 7.30. The van der Waals surface area contributed by atoms with E-state index in [1.165, 1.54) is 18.0 Å². The quantitative estimate of drug-likeness (QED) is 0.610. The molecule has 0 aliphatic carbocycles. The third-order valence-electron chi connectivity index (χ3n) is 3.40. The molecule has 1 aliphatic rings. The molecule has 1 aromatic carbocycles. The van der Waals surface area contributed by atoms with Crippen LogP contribution < -0.4 is 5.32 Å². The van der Waals surface area contributed by atoms with Gasteiger partial charge in [0.1, 0.15) is 11.7 Å². The van der Waals surface area contributed by atoms with Gasteiger partial charge in [0, 0.05) is 24.1 Å². The van der Waals surface area contributed by atoms with Crippen molar-refractivity contribution in [3.63, 3.8) is 0 Å². The van der Waals surface area contributed by atoms with Gasteiger partial charge in [-0.2, -0.15) is 0 Å². The number of carbonyl (C=O) groups excluding carboxylic acids is 1. The number of rotatable bonds is 5. The summed E-state index contributed by atoms with van der Waals surface area (Å²) in [5, 5.41) is 2.82. The van der Waals surface area contributed by atoms with Crippen LogP contribution in [0.5, 0.6) is 0 Å². The van der Waals surface area contributed by atoms with E-state index in [4.69, 9.17) is 11.6 Å². The lowest BCUT2D eigenvalue weighted by Gasteiger charge is -2.31. The molecule has 0 unspecified atom stereocenters. The van der Waals surface area contributed by atoms with Crippen LogP contribution >= 0.6 is 39.5 Å². The SMILES string of the molecule is O=C(CCl)NCC1CCN(Sc2ccc(Br)cc2F)CC1. The Morgan fingerprint density at radius 1 is 1.48 bits per heavy atom. The number of hydrogen-bond acceptors (Lipinski definition) is 3. The maximum absolute atomic E-state index is 13.8. The highest BCUT2D eigenvalue weighted by molar-refractivity contribution is 9.10. The first-order valence-corrected chi connectivity index (χ1v) is 8.89. The summed E-state index contributed by atoms with van der Waals surface area (Å²) in [4.78, 5) is 11.8. The topological polar surface area (TPSA) is 32.3 Å². The normalized spacial score (nSPS) is 16.9. The zero-order valence-corrected chi connectivity index (χ0v) is 14.6. The molecule has 1 N–H and O–H groups in total. The van der Waals surface area contributed by atoms with Crippen LogP contribution in [-0.2, 0) is 4.79 Å². The zero-order chi connectivity index (χ0) is 15.2. The van der Waals surface area contributed by atoms with Crippen LogP contribution in [0.2, 0.25) is 0 Å². The van der Waals surface area contributed by atoms with Gasteiger partial charge in [-0.15, -0.1) is 11.6 Å². The fourth-order valence-electron chi connectivity index (χ4n) is 2.20.